The molecule has 2 aromatic rings. The van der Waals surface area contributed by atoms with Gasteiger partial charge in [0.1, 0.15) is 30.4 Å². The number of aliphatic hydroxyl groups excluding tert-OH is 8. The number of hydrogen-bond acceptors (Lipinski definition) is 16. The van der Waals surface area contributed by atoms with Crippen molar-refractivity contribution in [3.63, 3.8) is 0 Å². The third-order valence-corrected chi connectivity index (χ3v) is 26.2. The second-order valence-electron chi connectivity index (χ2n) is 29.4. The Balaban J connectivity index is 1.11. The van der Waals surface area contributed by atoms with E-state index in [9.17, 15) is 50.8 Å². The number of aliphatic carboxylic acids is 1. The van der Waals surface area contributed by atoms with Crippen LogP contribution in [0, 0.1) is 109 Å². The van der Waals surface area contributed by atoms with E-state index in [-0.39, 0.29) is 55.6 Å². The number of nitrogens with one attached hydrogen (secondary N) is 4. The highest BCUT2D eigenvalue weighted by Gasteiger charge is 2.80. The largest absolute Gasteiger partial charge is 0.481 e. The van der Waals surface area contributed by atoms with Gasteiger partial charge in [0.15, 0.2) is 6.29 Å². The van der Waals surface area contributed by atoms with Crippen LogP contribution in [0.25, 0.3) is 0 Å². The number of anilines is 1. The number of ether oxygens (including phenoxy) is 2. The topological polar surface area (TPSA) is 342 Å². The molecule has 3 aliphatic heterocycles. The molecule has 1 spiro atoms. The summed E-state index contributed by atoms with van der Waals surface area (Å²) in [4.78, 5) is 46.5. The van der Waals surface area contributed by atoms with Crippen molar-refractivity contribution in [2.24, 2.45) is 103 Å². The predicted octanol–water partition coefficient (Wildman–Crippen LogP) is 3.31. The first-order valence-corrected chi connectivity index (χ1v) is 31.5. The van der Waals surface area contributed by atoms with Crippen molar-refractivity contribution in [2.75, 3.05) is 31.7 Å². The Kier molecular flexibility index (Phi) is 14.4. The molecular formula is C63H91N7O13. The zero-order chi connectivity index (χ0) is 58.6. The molecule has 26 atom stereocenters. The van der Waals surface area contributed by atoms with Crippen LogP contribution in [-0.2, 0) is 25.5 Å². The van der Waals surface area contributed by atoms with Crippen molar-refractivity contribution in [3.8, 4) is 11.8 Å². The van der Waals surface area contributed by atoms with Gasteiger partial charge < -0.3 is 81.8 Å². The number of aromatic nitrogens is 4. The number of rotatable bonds is 11. The molecule has 20 nitrogen and oxygen atoms in total. The van der Waals surface area contributed by atoms with Gasteiger partial charge in [0.05, 0.1) is 60.7 Å². The summed E-state index contributed by atoms with van der Waals surface area (Å²) in [6, 6.07) is -0.781. The predicted molar refractivity (Wildman–Crippen MR) is 300 cm³/mol. The Morgan fingerprint density at radius 3 is 2.39 bits per heavy atom. The summed E-state index contributed by atoms with van der Waals surface area (Å²) < 4.78 is 13.0. The summed E-state index contributed by atoms with van der Waals surface area (Å²) in [7, 11) is 0. The van der Waals surface area contributed by atoms with Crippen LogP contribution in [0.3, 0.4) is 0 Å². The maximum atomic E-state index is 15.8. The molecule has 11 aliphatic rings. The molecule has 0 unspecified atom stereocenters. The number of nitrogens with two attached hydrogens (primary N) is 1. The van der Waals surface area contributed by atoms with Gasteiger partial charge in [-0.2, -0.15) is 0 Å². The van der Waals surface area contributed by atoms with Gasteiger partial charge >= 0.3 is 5.97 Å². The van der Waals surface area contributed by atoms with E-state index >= 15 is 4.79 Å². The van der Waals surface area contributed by atoms with Gasteiger partial charge in [-0.3, -0.25) is 9.59 Å². The Morgan fingerprint density at radius 2 is 1.67 bits per heavy atom. The first-order chi connectivity index (χ1) is 39.6. The lowest BCUT2D eigenvalue weighted by Gasteiger charge is -2.78. The number of carbonyl (C=O) groups excluding carboxylic acids is 1. The van der Waals surface area contributed by atoms with E-state index in [0.29, 0.717) is 70.0 Å². The summed E-state index contributed by atoms with van der Waals surface area (Å²) >= 11 is 0. The minimum absolute atomic E-state index is 0.0618. The molecule has 456 valence electrons. The van der Waals surface area contributed by atoms with E-state index in [1.807, 2.05) is 6.92 Å². The molecule has 13 rings (SSSR count). The summed E-state index contributed by atoms with van der Waals surface area (Å²) in [6.07, 6.45) is 5.19. The number of carboxylic acids is 1. The van der Waals surface area contributed by atoms with Gasteiger partial charge in [-0.25, -0.2) is 9.97 Å². The lowest BCUT2D eigenvalue weighted by atomic mass is 9.26. The molecule has 15 N–H and O–H groups in total. The standard InChI is InChI=1S/C63H91N7O13/c1-57(27-71)17-18-62(56(80)81)38(23-57)34-19-31-12-13-32-11-8-15-61(32)36(47(70-55(61)79)46(41-25-65-29-67-41)42(73)22-45(64)75)20-37-48(76)52(83-54-50(78)49(77)43(74)26-82-54)58(2,28-72)44-14-16-59(3,51(31)63(37,44)33-9-6-5-7-10-33)60(34,4)35-21-40-53(69-30-68-40)66-24-39(35)62/h19,25,29-33,35-39,42-52,54,66,71-78H,5-11,14-18,20-24,26-28,64H2,1-4H3,(H,65,67)(H,68,69)(H,70,79)(H,80,81)/t31-,32-,35-,36+,37-,38-,39+,42+,43+,44+,45-,46-,47+,48+,49-,50+,51-,52+,54-,57-,58-,59+,60-,61+,62+,63-/m0/s1. The number of nitrogens with zero attached hydrogens (tertiary/aromatic N) is 2. The highest BCUT2D eigenvalue weighted by Crippen LogP contribution is 2.82. The number of fused-ring (bicyclic) bond motifs is 8. The minimum Gasteiger partial charge on any atom is -0.481 e. The van der Waals surface area contributed by atoms with Crippen molar-refractivity contribution < 1.29 is 65.0 Å². The molecule has 1 amide bonds. The molecule has 6 saturated carbocycles. The Hall–Kier alpha value is -3.98. The van der Waals surface area contributed by atoms with Crippen LogP contribution in [0.2, 0.25) is 0 Å². The first-order valence-electron chi connectivity index (χ1n) is 31.5. The number of H-pyrrole nitrogens is 2. The lowest BCUT2D eigenvalue weighted by molar-refractivity contribution is -0.353. The number of carbonyl (C=O) groups is 2. The molecule has 8 fully saturated rings. The molecule has 5 heterocycles. The van der Waals surface area contributed by atoms with Crippen LogP contribution in [0.1, 0.15) is 141 Å². The fourth-order valence-electron chi connectivity index (χ4n) is 22.5. The number of allylic oxidation sites excluding steroid dienone is 2. The summed E-state index contributed by atoms with van der Waals surface area (Å²) in [5.41, 5.74) is 2.14. The summed E-state index contributed by atoms with van der Waals surface area (Å²) in [5, 5.41) is 114. The van der Waals surface area contributed by atoms with Crippen molar-refractivity contribution in [1.82, 2.24) is 25.3 Å². The van der Waals surface area contributed by atoms with Gasteiger partial charge in [0.25, 0.3) is 0 Å². The summed E-state index contributed by atoms with van der Waals surface area (Å²) in [5.74, 6) is 2.59. The molecular weight excluding hydrogens is 1060 g/mol. The third-order valence-electron chi connectivity index (χ3n) is 26.2. The number of aromatic amines is 2. The molecule has 2 aromatic heterocycles. The monoisotopic (exact) mass is 1150 g/mol. The first kappa shape index (κ1) is 58.1. The Bertz CT molecular complexity index is 2890. The van der Waals surface area contributed by atoms with Crippen LogP contribution in [0.4, 0.5) is 5.82 Å². The summed E-state index contributed by atoms with van der Waals surface area (Å²) in [6.45, 7) is 8.47. The third kappa shape index (κ3) is 7.96. The van der Waals surface area contributed by atoms with Crippen molar-refractivity contribution in [3.05, 3.63) is 41.9 Å². The zero-order valence-electron chi connectivity index (χ0n) is 48.6. The second-order valence-corrected chi connectivity index (χ2v) is 29.4. The van der Waals surface area contributed by atoms with Gasteiger partial charge in [0.2, 0.25) is 5.91 Å². The molecule has 8 aliphatic carbocycles. The molecule has 0 bridgehead atoms. The van der Waals surface area contributed by atoms with E-state index in [0.717, 1.165) is 49.2 Å². The smallest absolute Gasteiger partial charge is 0.310 e. The zero-order valence-corrected chi connectivity index (χ0v) is 48.6. The number of aliphatic hydroxyl groups is 8. The Morgan fingerprint density at radius 1 is 0.892 bits per heavy atom. The maximum absolute atomic E-state index is 15.8. The number of hydrogen-bond donors (Lipinski definition) is 14. The maximum Gasteiger partial charge on any atom is 0.310 e. The SMILES string of the molecule is C[C@]1(CO)CC[C@]2(C(=O)O)[C@@H]3CNc4nc[nH]c4C[C@@H]3[C@]3(C)C(=C[C@@H]4C#C[C@@H]5CCC[C@@]56C(=O)N[C@@H]([C@@H](c5cnc[nH]5)[C@H](O)C[C@@H](N)O)[C@H]6C[C@H]5[C@@H](O)[C@@H](O[C@@H]6OC[C@@H](O)[C@H](O)[C@H]6O)[C@@](C)(CO)[C@H]6CC[C@]3(C)[C@H]4[C@]65C3CCCCC3)[C@@H]2C1. The molecule has 2 saturated heterocycles. The highest BCUT2D eigenvalue weighted by molar-refractivity contribution is 5.87. The van der Waals surface area contributed by atoms with Gasteiger partial charge in [-0.05, 0) is 140 Å². The molecule has 83 heavy (non-hydrogen) atoms. The van der Waals surface area contributed by atoms with E-state index in [4.69, 9.17) is 20.2 Å². The molecule has 0 radical (unpaired) electrons. The van der Waals surface area contributed by atoms with Crippen LogP contribution >= 0.6 is 0 Å². The van der Waals surface area contributed by atoms with Gasteiger partial charge in [-0.1, -0.05) is 76.9 Å². The van der Waals surface area contributed by atoms with Crippen molar-refractivity contribution in [2.45, 2.75) is 192 Å². The number of imidazole rings is 2. The molecule has 0 aromatic carbocycles. The fourth-order valence-corrected chi connectivity index (χ4v) is 22.5. The average Bonchev–Trinajstić information content (AvgIpc) is 0.785. The van der Waals surface area contributed by atoms with Gasteiger partial charge in [0, 0.05) is 60.7 Å². The van der Waals surface area contributed by atoms with Crippen molar-refractivity contribution >= 4 is 17.7 Å². The van der Waals surface area contributed by atoms with E-state index in [2.05, 4.69) is 64.3 Å². The van der Waals surface area contributed by atoms with Crippen LogP contribution in [0.15, 0.2) is 30.5 Å². The van der Waals surface area contributed by atoms with E-state index < -0.39 is 147 Å². The average molecular weight is 1150 g/mol. The van der Waals surface area contributed by atoms with Gasteiger partial charge in [-0.15, -0.1) is 0 Å². The lowest BCUT2D eigenvalue weighted by Crippen LogP contribution is -2.77. The van der Waals surface area contributed by atoms with Crippen molar-refractivity contribution in [1.29, 1.82) is 0 Å². The van der Waals surface area contributed by atoms with E-state index in [1.54, 1.807) is 12.5 Å². The normalized spacial score (nSPS) is 49.1. The van der Waals surface area contributed by atoms with Crippen LogP contribution < -0.4 is 16.4 Å². The van der Waals surface area contributed by atoms with E-state index in [1.165, 1.54) is 6.33 Å². The van der Waals surface area contributed by atoms with Crippen LogP contribution in [0.5, 0.6) is 0 Å². The second kappa shape index (κ2) is 20.6. The fraction of sp³-hybridized carbons (Fsp3) is 0.810. The van der Waals surface area contributed by atoms with Crippen LogP contribution in [-0.4, -0.2) is 159 Å². The quantitative estimate of drug-likeness (QED) is 0.0664. The highest BCUT2D eigenvalue weighted by atomic mass is 16.7. The number of carboxylic acid groups (broad SMARTS) is 1. The Labute approximate surface area is 486 Å². The number of amides is 1. The minimum atomic E-state index is -1.70. The molecule has 20 heteroatoms.